The zero-order valence-corrected chi connectivity index (χ0v) is 31.1. The predicted molar refractivity (Wildman–Crippen MR) is 193 cm³/mol. The second-order valence-electron chi connectivity index (χ2n) is 13.6. The van der Waals surface area contributed by atoms with Crippen LogP contribution in [0.1, 0.15) is 72.2 Å². The molecule has 0 saturated carbocycles. The lowest BCUT2D eigenvalue weighted by Gasteiger charge is -2.35. The van der Waals surface area contributed by atoms with E-state index in [1.54, 1.807) is 24.8 Å². The zero-order chi connectivity index (χ0) is 40.9. The summed E-state index contributed by atoms with van der Waals surface area (Å²) in [6.45, 7) is 5.55. The Balaban J connectivity index is 1.74. The van der Waals surface area contributed by atoms with E-state index < -0.39 is 71.1 Å². The summed E-state index contributed by atoms with van der Waals surface area (Å²) in [4.78, 5) is 42.6. The van der Waals surface area contributed by atoms with Crippen molar-refractivity contribution >= 4 is 18.3 Å². The maximum atomic E-state index is 16.2. The van der Waals surface area contributed by atoms with Crippen LogP contribution in [0.5, 0.6) is 5.75 Å². The molecule has 0 aliphatic carbocycles. The highest BCUT2D eigenvalue weighted by atomic mass is 19.4. The number of ether oxygens (including phenoxy) is 2. The molecular weight excluding hydrogens is 742 g/mol. The smallest absolute Gasteiger partial charge is 0.416 e. The van der Waals surface area contributed by atoms with Gasteiger partial charge < -0.3 is 19.7 Å². The average molecular weight is 783 g/mol. The highest BCUT2D eigenvalue weighted by Gasteiger charge is 2.38. The van der Waals surface area contributed by atoms with Crippen molar-refractivity contribution in [1.29, 1.82) is 5.26 Å². The number of nitrogens with one attached hydrogen (secondary N) is 1. The third kappa shape index (κ3) is 9.25. The van der Waals surface area contributed by atoms with E-state index in [1.165, 1.54) is 37.3 Å². The van der Waals surface area contributed by atoms with Crippen molar-refractivity contribution in [3.8, 4) is 22.9 Å². The van der Waals surface area contributed by atoms with Crippen molar-refractivity contribution in [1.82, 2.24) is 15.1 Å². The molecule has 0 spiro atoms. The zero-order valence-electron chi connectivity index (χ0n) is 31.1. The minimum absolute atomic E-state index is 0.00786. The molecule has 2 aliphatic rings. The number of benzene rings is 3. The number of likely N-dealkylation sites (tertiary alicyclic amines) is 1. The number of allylic oxidation sites excluding steroid dienone is 2. The van der Waals surface area contributed by atoms with E-state index in [1.807, 2.05) is 0 Å². The topological polar surface area (TPSA) is 112 Å². The van der Waals surface area contributed by atoms with Gasteiger partial charge in [0, 0.05) is 42.5 Å². The minimum atomic E-state index is -4.91. The van der Waals surface area contributed by atoms with Crippen LogP contribution in [0.3, 0.4) is 0 Å². The van der Waals surface area contributed by atoms with Crippen LogP contribution in [-0.2, 0) is 25.7 Å². The number of hydrogen-bond acceptors (Lipinski definition) is 7. The molecule has 296 valence electrons. The largest absolute Gasteiger partial charge is 0.488 e. The van der Waals surface area contributed by atoms with Gasteiger partial charge in [0.25, 0.3) is 0 Å². The molecular formula is C41H40F6N4O5. The Kier molecular flexibility index (Phi) is 12.9. The second kappa shape index (κ2) is 17.5. The molecule has 15 heteroatoms. The summed E-state index contributed by atoms with van der Waals surface area (Å²) >= 11 is 0. The number of alkyl halides is 4. The third-order valence-electron chi connectivity index (χ3n) is 9.64. The van der Waals surface area contributed by atoms with Crippen molar-refractivity contribution in [2.24, 2.45) is 0 Å². The highest BCUT2D eigenvalue weighted by molar-refractivity contribution is 5.87. The number of esters is 1. The second-order valence-corrected chi connectivity index (χ2v) is 13.6. The number of hydrogen-bond donors (Lipinski definition) is 1. The number of halogens is 6. The van der Waals surface area contributed by atoms with Crippen molar-refractivity contribution in [3.05, 3.63) is 111 Å². The summed E-state index contributed by atoms with van der Waals surface area (Å²) in [7, 11) is 0. The number of carbonyl (C=O) groups is 3. The summed E-state index contributed by atoms with van der Waals surface area (Å²) in [6, 6.07) is 8.13. The van der Waals surface area contributed by atoms with E-state index in [2.05, 4.69) is 11.4 Å². The van der Waals surface area contributed by atoms with Gasteiger partial charge in [0.15, 0.2) is 0 Å². The van der Waals surface area contributed by atoms with Gasteiger partial charge in [-0.05, 0) is 98.3 Å². The number of nitriles is 1. The minimum Gasteiger partial charge on any atom is -0.488 e. The lowest BCUT2D eigenvalue weighted by molar-refractivity contribution is -0.144. The molecule has 1 unspecified atom stereocenters. The lowest BCUT2D eigenvalue weighted by atomic mass is 9.91. The van der Waals surface area contributed by atoms with Crippen LogP contribution >= 0.6 is 0 Å². The molecule has 9 nitrogen and oxygen atoms in total. The molecule has 3 aromatic rings. The van der Waals surface area contributed by atoms with E-state index in [4.69, 9.17) is 9.47 Å². The van der Waals surface area contributed by atoms with Crippen LogP contribution < -0.4 is 10.1 Å². The van der Waals surface area contributed by atoms with Crippen LogP contribution in [0.25, 0.3) is 11.1 Å². The molecule has 2 atom stereocenters. The van der Waals surface area contributed by atoms with Crippen molar-refractivity contribution in [2.75, 3.05) is 26.2 Å². The van der Waals surface area contributed by atoms with Gasteiger partial charge in [-0.1, -0.05) is 12.1 Å². The van der Waals surface area contributed by atoms with Crippen LogP contribution in [0.2, 0.25) is 0 Å². The first-order valence-electron chi connectivity index (χ1n) is 17.8. The number of nitrogens with zero attached hydrogens (tertiary/aromatic N) is 3. The standard InChI is InChI=1S/C41H40F6N4O5/c1-5-32(41(45,46)47)27(9-10-50-19-29(42)20-50)18-51(22-52)39-30-13-25(7-8-33(30)43)21-56-35-14-26(17-48)11-23(3)37(35)28-12-24(4)38(44)31(15-28)34(49-40(39)54)16-36(53)55-6-2/h5,7-8,11-15,18,22,29,34,39H,6,9-10,16,19-21H2,1-4H3,(H,49,54)/b27-18-,32-5+/t34-,39?/m0/s1. The average Bonchev–Trinajstić information content (AvgIpc) is 3.12. The fourth-order valence-corrected chi connectivity index (χ4v) is 6.98. The van der Waals surface area contributed by atoms with E-state index in [0.717, 1.165) is 25.3 Å². The van der Waals surface area contributed by atoms with Crippen LogP contribution in [0.4, 0.5) is 26.3 Å². The van der Waals surface area contributed by atoms with Crippen molar-refractivity contribution in [3.63, 3.8) is 0 Å². The number of carbonyl (C=O) groups excluding carboxylic acids is 3. The molecule has 1 saturated heterocycles. The summed E-state index contributed by atoms with van der Waals surface area (Å²) in [6.07, 6.45) is -5.34. The molecule has 0 aromatic heterocycles. The van der Waals surface area contributed by atoms with Crippen LogP contribution in [0.15, 0.2) is 65.9 Å². The Hall–Kier alpha value is -5.62. The van der Waals surface area contributed by atoms with Gasteiger partial charge in [-0.2, -0.15) is 18.4 Å². The summed E-state index contributed by atoms with van der Waals surface area (Å²) in [5.41, 5.74) is -0.142. The molecule has 2 heterocycles. The Morgan fingerprint density at radius 1 is 1.11 bits per heavy atom. The third-order valence-corrected chi connectivity index (χ3v) is 9.64. The first kappa shape index (κ1) is 41.5. The van der Waals surface area contributed by atoms with E-state index in [0.29, 0.717) is 21.6 Å². The number of rotatable bonds is 10. The van der Waals surface area contributed by atoms with Gasteiger partial charge >= 0.3 is 12.1 Å². The Labute approximate surface area is 320 Å². The fourth-order valence-electron chi connectivity index (χ4n) is 6.98. The normalized spacial score (nSPS) is 18.1. The van der Waals surface area contributed by atoms with Gasteiger partial charge in [0.2, 0.25) is 12.3 Å². The Morgan fingerprint density at radius 3 is 2.46 bits per heavy atom. The van der Waals surface area contributed by atoms with Crippen LogP contribution in [0, 0.1) is 36.8 Å². The van der Waals surface area contributed by atoms with E-state index in [9.17, 15) is 37.2 Å². The number of fused-ring (bicyclic) bond motifs is 6. The van der Waals surface area contributed by atoms with Gasteiger partial charge in [-0.25, -0.2) is 13.2 Å². The first-order chi connectivity index (χ1) is 26.6. The van der Waals surface area contributed by atoms with Crippen LogP contribution in [-0.4, -0.2) is 66.7 Å². The maximum Gasteiger partial charge on any atom is 0.416 e. The molecule has 1 fully saturated rings. The molecule has 2 aliphatic heterocycles. The highest BCUT2D eigenvalue weighted by Crippen LogP contribution is 2.40. The van der Waals surface area contributed by atoms with E-state index in [-0.39, 0.29) is 73.7 Å². The van der Waals surface area contributed by atoms with Gasteiger partial charge in [-0.15, -0.1) is 0 Å². The van der Waals surface area contributed by atoms with Crippen molar-refractivity contribution in [2.45, 2.75) is 71.6 Å². The van der Waals surface area contributed by atoms with Gasteiger partial charge in [0.05, 0.1) is 36.3 Å². The first-order valence-corrected chi connectivity index (χ1v) is 17.8. The number of amides is 2. The molecule has 3 aromatic carbocycles. The predicted octanol–water partition coefficient (Wildman–Crippen LogP) is 7.76. The Bertz CT molecular complexity index is 2100. The Morgan fingerprint density at radius 2 is 1.84 bits per heavy atom. The summed E-state index contributed by atoms with van der Waals surface area (Å²) in [5, 5.41) is 12.3. The van der Waals surface area contributed by atoms with Gasteiger partial charge in [0.1, 0.15) is 36.2 Å². The fraction of sp³-hybridized carbons (Fsp3) is 0.366. The summed E-state index contributed by atoms with van der Waals surface area (Å²) < 4.78 is 100. The summed E-state index contributed by atoms with van der Waals surface area (Å²) in [5.74, 6) is -3.63. The lowest BCUT2D eigenvalue weighted by Crippen LogP contribution is -2.48. The molecule has 4 bridgehead atoms. The molecule has 1 N–H and O–H groups in total. The quantitative estimate of drug-likeness (QED) is 0.0969. The van der Waals surface area contributed by atoms with E-state index >= 15 is 8.78 Å². The molecule has 56 heavy (non-hydrogen) atoms. The monoisotopic (exact) mass is 782 g/mol. The molecule has 0 radical (unpaired) electrons. The van der Waals surface area contributed by atoms with Gasteiger partial charge in [-0.3, -0.25) is 19.3 Å². The maximum absolute atomic E-state index is 16.2. The molecule has 5 rings (SSSR count). The molecule has 2 amide bonds. The number of aryl methyl sites for hydroxylation is 2. The van der Waals surface area contributed by atoms with Crippen molar-refractivity contribution < 1.29 is 50.2 Å². The SMILES string of the molecule is C/C=C(\C(=C/N(C=O)C1C(=O)N[C@@H](CC(=O)OCC)c2cc(cc(C)c2F)-c2c(C)cc(C#N)cc2OCc2ccc(F)c1c2)CCN1CC(F)C1)C(F)(F)F.